The third kappa shape index (κ3) is 3.21. The van der Waals surface area contributed by atoms with Gasteiger partial charge in [0.15, 0.2) is 0 Å². The van der Waals surface area contributed by atoms with Gasteiger partial charge in [-0.25, -0.2) is 0 Å². The van der Waals surface area contributed by atoms with Crippen molar-refractivity contribution in [3.05, 3.63) is 28.8 Å². The average molecular weight is 283 g/mol. The molecule has 0 saturated heterocycles. The Kier molecular flexibility index (Phi) is 4.35. The lowest BCUT2D eigenvalue weighted by Gasteiger charge is -2.13. The molecule has 0 N–H and O–H groups in total. The Balaban J connectivity index is 1.96. The van der Waals surface area contributed by atoms with Crippen LogP contribution in [-0.2, 0) is 9.53 Å². The van der Waals surface area contributed by atoms with Gasteiger partial charge in [-0.3, -0.25) is 4.79 Å². The molecule has 1 aromatic carbocycles. The van der Waals surface area contributed by atoms with Crippen molar-refractivity contribution < 1.29 is 14.3 Å². The summed E-state index contributed by atoms with van der Waals surface area (Å²) in [6.45, 7) is 2.16. The monoisotopic (exact) mass is 282 g/mol. The van der Waals surface area contributed by atoms with Gasteiger partial charge in [0.2, 0.25) is 0 Å². The van der Waals surface area contributed by atoms with E-state index in [9.17, 15) is 4.79 Å². The van der Waals surface area contributed by atoms with Gasteiger partial charge in [0.05, 0.1) is 25.2 Å². The zero-order chi connectivity index (χ0) is 14.0. The van der Waals surface area contributed by atoms with E-state index in [2.05, 4.69) is 6.92 Å². The summed E-state index contributed by atoms with van der Waals surface area (Å²) < 4.78 is 9.91. The molecule has 1 fully saturated rings. The number of carbonyl (C=O) groups is 1. The smallest absolute Gasteiger partial charge is 0.308 e. The maximum atomic E-state index is 11.4. The molecule has 0 aliphatic heterocycles. The van der Waals surface area contributed by atoms with Crippen LogP contribution in [0.4, 0.5) is 0 Å². The molecular weight excluding hydrogens is 264 g/mol. The highest BCUT2D eigenvalue weighted by atomic mass is 35.5. The van der Waals surface area contributed by atoms with Crippen LogP contribution in [0.25, 0.3) is 0 Å². The van der Waals surface area contributed by atoms with E-state index in [1.807, 2.05) is 18.2 Å². The molecule has 0 heterocycles. The van der Waals surface area contributed by atoms with Crippen LogP contribution in [0.5, 0.6) is 5.75 Å². The minimum absolute atomic E-state index is 0.0787. The summed E-state index contributed by atoms with van der Waals surface area (Å²) in [6.07, 6.45) is 1.93. The highest BCUT2D eigenvalue weighted by Crippen LogP contribution is 2.46. The second-order valence-corrected chi connectivity index (χ2v) is 5.56. The fourth-order valence-electron chi connectivity index (χ4n) is 2.53. The van der Waals surface area contributed by atoms with E-state index in [0.29, 0.717) is 22.6 Å². The van der Waals surface area contributed by atoms with Crippen molar-refractivity contribution in [1.82, 2.24) is 0 Å². The van der Waals surface area contributed by atoms with Gasteiger partial charge in [0.1, 0.15) is 5.75 Å². The number of rotatable bonds is 5. The first-order valence-corrected chi connectivity index (χ1v) is 6.85. The quantitative estimate of drug-likeness (QED) is 0.773. The third-order valence-corrected chi connectivity index (χ3v) is 4.12. The van der Waals surface area contributed by atoms with Crippen molar-refractivity contribution in [2.75, 3.05) is 14.2 Å². The Morgan fingerprint density at radius 3 is 2.79 bits per heavy atom. The number of esters is 1. The summed E-state index contributed by atoms with van der Waals surface area (Å²) in [5.41, 5.74) is 1.18. The number of carbonyl (C=O) groups excluding carboxylic acids is 1. The van der Waals surface area contributed by atoms with Crippen LogP contribution in [0.2, 0.25) is 5.02 Å². The number of halogens is 1. The van der Waals surface area contributed by atoms with Crippen molar-refractivity contribution in [3.63, 3.8) is 0 Å². The molecule has 2 rings (SSSR count). The first-order valence-electron chi connectivity index (χ1n) is 6.48. The topological polar surface area (TPSA) is 35.5 Å². The molecule has 1 aromatic rings. The molecule has 3 unspecified atom stereocenters. The van der Waals surface area contributed by atoms with E-state index < -0.39 is 0 Å². The van der Waals surface area contributed by atoms with Gasteiger partial charge < -0.3 is 9.47 Å². The summed E-state index contributed by atoms with van der Waals surface area (Å²) in [5, 5.41) is 0.632. The van der Waals surface area contributed by atoms with Gasteiger partial charge in [-0.15, -0.1) is 0 Å². The van der Waals surface area contributed by atoms with E-state index in [0.717, 1.165) is 12.8 Å². The standard InChI is InChI=1S/C15H19ClO3/c1-9(6-11-7-12(11)15(17)19-3)10-4-5-14(18-2)13(16)8-10/h4-5,8-9,11-12H,6-7H2,1-3H3. The van der Waals surface area contributed by atoms with Crippen molar-refractivity contribution >= 4 is 17.6 Å². The van der Waals surface area contributed by atoms with Crippen molar-refractivity contribution in [3.8, 4) is 5.75 Å². The van der Waals surface area contributed by atoms with Crippen LogP contribution in [0.15, 0.2) is 18.2 Å². The van der Waals surface area contributed by atoms with E-state index in [1.54, 1.807) is 7.11 Å². The lowest BCUT2D eigenvalue weighted by Crippen LogP contribution is -2.05. The summed E-state index contributed by atoms with van der Waals surface area (Å²) in [4.78, 5) is 11.4. The van der Waals surface area contributed by atoms with Gasteiger partial charge in [0.25, 0.3) is 0 Å². The number of hydrogen-bond acceptors (Lipinski definition) is 3. The fraction of sp³-hybridized carbons (Fsp3) is 0.533. The third-order valence-electron chi connectivity index (χ3n) is 3.83. The van der Waals surface area contributed by atoms with Gasteiger partial charge in [-0.05, 0) is 42.4 Å². The molecule has 1 aliphatic rings. The molecule has 0 spiro atoms. The van der Waals surface area contributed by atoms with Crippen molar-refractivity contribution in [2.24, 2.45) is 11.8 Å². The Hall–Kier alpha value is -1.22. The molecule has 1 aliphatic carbocycles. The number of ether oxygens (including phenoxy) is 2. The molecule has 0 radical (unpaired) electrons. The Morgan fingerprint density at radius 2 is 2.21 bits per heavy atom. The molecule has 0 bridgehead atoms. The number of methoxy groups -OCH3 is 2. The molecule has 1 saturated carbocycles. The van der Waals surface area contributed by atoms with E-state index in [1.165, 1.54) is 12.7 Å². The highest BCUT2D eigenvalue weighted by Gasteiger charge is 2.44. The van der Waals surface area contributed by atoms with Crippen LogP contribution in [-0.4, -0.2) is 20.2 Å². The van der Waals surface area contributed by atoms with Gasteiger partial charge in [0, 0.05) is 0 Å². The molecule has 3 atom stereocenters. The molecule has 104 valence electrons. The molecule has 0 aromatic heterocycles. The molecule has 3 nitrogen and oxygen atoms in total. The molecule has 0 amide bonds. The molecule has 4 heteroatoms. The predicted molar refractivity (Wildman–Crippen MR) is 74.6 cm³/mol. The Labute approximate surface area is 118 Å². The SMILES string of the molecule is COC(=O)C1CC1CC(C)c1ccc(OC)c(Cl)c1. The maximum absolute atomic E-state index is 11.4. The summed E-state index contributed by atoms with van der Waals surface area (Å²) in [7, 11) is 3.06. The lowest BCUT2D eigenvalue weighted by molar-refractivity contribution is -0.142. The predicted octanol–water partition coefficient (Wildman–Crippen LogP) is 3.65. The van der Waals surface area contributed by atoms with Gasteiger partial charge >= 0.3 is 5.97 Å². The lowest BCUT2D eigenvalue weighted by atomic mass is 9.95. The second kappa shape index (κ2) is 5.83. The zero-order valence-corrected chi connectivity index (χ0v) is 12.2. The van der Waals surface area contributed by atoms with Crippen LogP contribution < -0.4 is 4.74 Å². The van der Waals surface area contributed by atoms with Crippen LogP contribution in [0.1, 0.15) is 31.2 Å². The van der Waals surface area contributed by atoms with Crippen LogP contribution in [0, 0.1) is 11.8 Å². The molecular formula is C15H19ClO3. The minimum Gasteiger partial charge on any atom is -0.495 e. The first-order chi connectivity index (χ1) is 9.06. The van der Waals surface area contributed by atoms with E-state index in [-0.39, 0.29) is 11.9 Å². The maximum Gasteiger partial charge on any atom is 0.308 e. The van der Waals surface area contributed by atoms with E-state index >= 15 is 0 Å². The van der Waals surface area contributed by atoms with Gasteiger partial charge in [-0.2, -0.15) is 0 Å². The second-order valence-electron chi connectivity index (χ2n) is 5.16. The number of hydrogen-bond donors (Lipinski definition) is 0. The fourth-order valence-corrected chi connectivity index (χ4v) is 2.79. The average Bonchev–Trinajstić information content (AvgIpc) is 3.16. The molecule has 19 heavy (non-hydrogen) atoms. The van der Waals surface area contributed by atoms with Crippen molar-refractivity contribution in [1.29, 1.82) is 0 Å². The minimum atomic E-state index is -0.0787. The normalized spacial score (nSPS) is 22.7. The van der Waals surface area contributed by atoms with Gasteiger partial charge in [-0.1, -0.05) is 24.6 Å². The van der Waals surface area contributed by atoms with Crippen molar-refractivity contribution in [2.45, 2.75) is 25.7 Å². The highest BCUT2D eigenvalue weighted by molar-refractivity contribution is 6.32. The number of benzene rings is 1. The largest absolute Gasteiger partial charge is 0.495 e. The van der Waals surface area contributed by atoms with E-state index in [4.69, 9.17) is 21.1 Å². The summed E-state index contributed by atoms with van der Waals surface area (Å²) in [6, 6.07) is 5.87. The Bertz CT molecular complexity index is 472. The summed E-state index contributed by atoms with van der Waals surface area (Å²) >= 11 is 6.13. The zero-order valence-electron chi connectivity index (χ0n) is 11.5. The van der Waals surface area contributed by atoms with Crippen LogP contribution in [0.3, 0.4) is 0 Å². The first kappa shape index (κ1) is 14.2. The van der Waals surface area contributed by atoms with Crippen LogP contribution >= 0.6 is 11.6 Å². The summed E-state index contributed by atoms with van der Waals surface area (Å²) in [5.74, 6) is 1.54. The Morgan fingerprint density at radius 1 is 1.47 bits per heavy atom.